The first-order chi connectivity index (χ1) is 16.9. The van der Waals surface area contributed by atoms with Crippen LogP contribution in [0.2, 0.25) is 0 Å². The van der Waals surface area contributed by atoms with E-state index < -0.39 is 17.8 Å². The van der Waals surface area contributed by atoms with Crippen molar-refractivity contribution in [2.75, 3.05) is 19.0 Å². The molecule has 0 unspecified atom stereocenters. The van der Waals surface area contributed by atoms with E-state index in [4.69, 9.17) is 0 Å². The van der Waals surface area contributed by atoms with Crippen LogP contribution >= 0.6 is 0 Å². The molecule has 6 rings (SSSR count). The van der Waals surface area contributed by atoms with Crippen LogP contribution in [-0.2, 0) is 20.4 Å². The van der Waals surface area contributed by atoms with Gasteiger partial charge in [-0.15, -0.1) is 0 Å². The van der Waals surface area contributed by atoms with Crippen LogP contribution in [0, 0.1) is 6.92 Å². The van der Waals surface area contributed by atoms with Crippen LogP contribution < -0.4 is 4.90 Å². The molecule has 2 aromatic heterocycles. The van der Waals surface area contributed by atoms with E-state index in [0.29, 0.717) is 14.5 Å². The third kappa shape index (κ3) is 2.93. The molecule has 5 heterocycles. The van der Waals surface area contributed by atoms with Crippen molar-refractivity contribution in [3.8, 4) is 0 Å². The molecule has 0 bridgehead atoms. The number of carbonyl (C=O) groups excluding carboxylic acids is 3. The summed E-state index contributed by atoms with van der Waals surface area (Å²) in [5.74, 6) is -1.09. The molecular formula is C28H27N3O3Se2. The molecule has 0 atom stereocenters. The van der Waals surface area contributed by atoms with E-state index in [1.165, 1.54) is 55.6 Å². The number of nitrogens with zero attached hydrogens (tertiary/aromatic N) is 3. The number of imide groups is 2. The van der Waals surface area contributed by atoms with Gasteiger partial charge in [-0.1, -0.05) is 0 Å². The molecule has 4 amide bonds. The van der Waals surface area contributed by atoms with Crippen LogP contribution in [0.15, 0.2) is 35.9 Å². The van der Waals surface area contributed by atoms with Crippen LogP contribution in [-0.4, -0.2) is 70.7 Å². The Morgan fingerprint density at radius 3 is 2.08 bits per heavy atom. The first-order valence-corrected chi connectivity index (χ1v) is 15.3. The summed E-state index contributed by atoms with van der Waals surface area (Å²) < 4.78 is 5.18. The van der Waals surface area contributed by atoms with Gasteiger partial charge in [-0.2, -0.15) is 0 Å². The Bertz CT molecular complexity index is 1530. The molecular weight excluding hydrogens is 584 g/mol. The summed E-state index contributed by atoms with van der Waals surface area (Å²) in [5.41, 5.74) is 6.30. The van der Waals surface area contributed by atoms with Crippen LogP contribution in [0.4, 0.5) is 20.7 Å². The molecule has 0 N–H and O–H groups in total. The first kappa shape index (κ1) is 23.7. The molecule has 0 radical (unpaired) electrons. The summed E-state index contributed by atoms with van der Waals surface area (Å²) in [5, 5.41) is 0. The molecule has 1 aromatic carbocycles. The van der Waals surface area contributed by atoms with Gasteiger partial charge in [-0.05, 0) is 0 Å². The second-order valence-electron chi connectivity index (χ2n) is 10.8. The summed E-state index contributed by atoms with van der Waals surface area (Å²) in [7, 11) is 2.83. The summed E-state index contributed by atoms with van der Waals surface area (Å²) >= 11 is 0.202. The number of amides is 4. The fourth-order valence-electron chi connectivity index (χ4n) is 5.71. The standard InChI is InChI=1S/C28H27N3O3Se2/c1-14-11-20-22(35-14)28(4,5)18-10-8-9-17-21(18)31(20)25-19(27(17,2)3)13-15(36-25)12-16-23(32)29(6)26(34)30(7)24(16)33/h8-13H,1-7H3. The molecule has 6 nitrogen and oxygen atoms in total. The Balaban J connectivity index is 1.59. The average molecular weight is 611 g/mol. The van der Waals surface area contributed by atoms with E-state index in [1.54, 1.807) is 6.08 Å². The number of para-hydroxylation sites is 1. The number of fused-ring (bicyclic) bond motifs is 4. The first-order valence-electron chi connectivity index (χ1n) is 11.9. The van der Waals surface area contributed by atoms with E-state index in [2.05, 4.69) is 69.9 Å². The van der Waals surface area contributed by atoms with E-state index >= 15 is 0 Å². The van der Waals surface area contributed by atoms with Crippen LogP contribution in [0.25, 0.3) is 6.08 Å². The Morgan fingerprint density at radius 1 is 0.833 bits per heavy atom. The zero-order valence-electron chi connectivity index (χ0n) is 21.3. The number of anilines is 3. The summed E-state index contributed by atoms with van der Waals surface area (Å²) in [6.07, 6.45) is 1.72. The summed E-state index contributed by atoms with van der Waals surface area (Å²) in [6.45, 7) is 11.5. The zero-order valence-corrected chi connectivity index (χ0v) is 24.8. The van der Waals surface area contributed by atoms with Crippen LogP contribution in [0.1, 0.15) is 57.7 Å². The number of barbiturate groups is 1. The van der Waals surface area contributed by atoms with E-state index in [0.717, 1.165) is 14.2 Å². The van der Waals surface area contributed by atoms with Gasteiger partial charge < -0.3 is 0 Å². The number of urea groups is 1. The van der Waals surface area contributed by atoms with Gasteiger partial charge in [-0.25, -0.2) is 0 Å². The minimum absolute atomic E-state index is 0.0357. The fourth-order valence-corrected chi connectivity index (χ4v) is 10.7. The van der Waals surface area contributed by atoms with E-state index in [1.807, 2.05) is 0 Å². The van der Waals surface area contributed by atoms with Gasteiger partial charge in [0.05, 0.1) is 0 Å². The van der Waals surface area contributed by atoms with Gasteiger partial charge in [0, 0.05) is 0 Å². The number of hydrogen-bond acceptors (Lipinski definition) is 4. The van der Waals surface area contributed by atoms with Gasteiger partial charge in [0.25, 0.3) is 0 Å². The third-order valence-electron chi connectivity index (χ3n) is 7.79. The molecule has 36 heavy (non-hydrogen) atoms. The molecule has 1 fully saturated rings. The predicted octanol–water partition coefficient (Wildman–Crippen LogP) is 4.29. The van der Waals surface area contributed by atoms with Crippen molar-refractivity contribution in [1.82, 2.24) is 9.80 Å². The molecule has 3 aromatic rings. The molecule has 3 aliphatic heterocycles. The normalized spacial score (nSPS) is 19.4. The van der Waals surface area contributed by atoms with Crippen molar-refractivity contribution < 1.29 is 14.4 Å². The number of aryl methyl sites for hydroxylation is 1. The van der Waals surface area contributed by atoms with Gasteiger partial charge >= 0.3 is 223 Å². The quantitative estimate of drug-likeness (QED) is 0.234. The Kier molecular flexibility index (Phi) is 4.92. The molecule has 0 spiro atoms. The Morgan fingerprint density at radius 2 is 1.44 bits per heavy atom. The van der Waals surface area contributed by atoms with Crippen molar-refractivity contribution in [1.29, 1.82) is 0 Å². The molecule has 1 saturated heterocycles. The number of likely N-dealkylation sites (N-methyl/N-ethyl adjacent to an activating group) is 2. The van der Waals surface area contributed by atoms with E-state index in [9.17, 15) is 14.4 Å². The zero-order chi connectivity index (χ0) is 25.9. The maximum absolute atomic E-state index is 12.9. The van der Waals surface area contributed by atoms with Crippen molar-refractivity contribution in [3.63, 3.8) is 0 Å². The second kappa shape index (κ2) is 7.45. The number of carbonyl (C=O) groups is 3. The number of rotatable bonds is 1. The molecule has 0 aliphatic carbocycles. The van der Waals surface area contributed by atoms with Gasteiger partial charge in [-0.3, -0.25) is 0 Å². The second-order valence-corrected chi connectivity index (χ2v) is 15.7. The van der Waals surface area contributed by atoms with Crippen LogP contribution in [0.5, 0.6) is 0 Å². The predicted molar refractivity (Wildman–Crippen MR) is 143 cm³/mol. The Labute approximate surface area is 222 Å². The fraction of sp³-hybridized carbons (Fsp3) is 0.321. The molecule has 0 saturated carbocycles. The van der Waals surface area contributed by atoms with Gasteiger partial charge in [0.1, 0.15) is 0 Å². The van der Waals surface area contributed by atoms with Crippen molar-refractivity contribution in [2.24, 2.45) is 0 Å². The van der Waals surface area contributed by atoms with E-state index in [-0.39, 0.29) is 30.9 Å². The van der Waals surface area contributed by atoms with Gasteiger partial charge in [0.2, 0.25) is 0 Å². The monoisotopic (exact) mass is 613 g/mol. The van der Waals surface area contributed by atoms with Crippen molar-refractivity contribution >= 4 is 68.9 Å². The molecule has 184 valence electrons. The maximum atomic E-state index is 12.9. The third-order valence-corrected chi connectivity index (χ3v) is 12.9. The number of benzene rings is 1. The molecule has 8 heteroatoms. The summed E-state index contributed by atoms with van der Waals surface area (Å²) in [6, 6.07) is 10.6. The summed E-state index contributed by atoms with van der Waals surface area (Å²) in [4.78, 5) is 42.4. The average Bonchev–Trinajstić information content (AvgIpc) is 3.44. The SMILES string of the molecule is Cc1cc2c([se]1)C(C)(C)c1cccc3c1N2c1[se]c(C=C2C(=O)N(C)C(=O)N(C)C2=O)cc1C3(C)C. The van der Waals surface area contributed by atoms with Crippen molar-refractivity contribution in [2.45, 2.75) is 45.4 Å². The Hall–Kier alpha value is -2.63. The van der Waals surface area contributed by atoms with Gasteiger partial charge in [0.15, 0.2) is 0 Å². The van der Waals surface area contributed by atoms with Crippen LogP contribution in [0.3, 0.4) is 0 Å². The minimum atomic E-state index is -0.602. The topological polar surface area (TPSA) is 60.9 Å². The number of hydrogen-bond donors (Lipinski definition) is 0. The van der Waals surface area contributed by atoms with Crippen molar-refractivity contribution in [3.05, 3.63) is 65.9 Å². The molecule has 3 aliphatic rings.